The third-order valence-electron chi connectivity index (χ3n) is 2.66. The van der Waals surface area contributed by atoms with Crippen molar-refractivity contribution in [2.75, 3.05) is 5.32 Å². The van der Waals surface area contributed by atoms with E-state index in [2.05, 4.69) is 25.9 Å². The minimum atomic E-state index is -0.510. The number of tetrazole rings is 1. The number of carbonyl (C=O) groups is 1. The van der Waals surface area contributed by atoms with E-state index in [0.29, 0.717) is 5.69 Å². The summed E-state index contributed by atoms with van der Waals surface area (Å²) in [7, 11) is 0. The molecule has 0 radical (unpaired) electrons. The Hall–Kier alpha value is -3.03. The largest absolute Gasteiger partial charge is 0.321 e. The lowest BCUT2D eigenvalue weighted by Crippen LogP contribution is -2.13. The van der Waals surface area contributed by atoms with E-state index in [1.165, 1.54) is 12.1 Å². The first-order valence-corrected chi connectivity index (χ1v) is 5.72. The lowest BCUT2D eigenvalue weighted by molar-refractivity contribution is 0.102. The average molecular weight is 272 g/mol. The van der Waals surface area contributed by atoms with Crippen molar-refractivity contribution in [3.05, 3.63) is 54.1 Å². The zero-order valence-corrected chi connectivity index (χ0v) is 10.1. The maximum atomic E-state index is 14.0. The van der Waals surface area contributed by atoms with E-state index in [9.17, 15) is 9.18 Å². The predicted octanol–water partition coefficient (Wildman–Crippen LogP) is 1.38. The fourth-order valence-electron chi connectivity index (χ4n) is 1.74. The third kappa shape index (κ3) is 2.26. The third-order valence-corrected chi connectivity index (χ3v) is 2.66. The summed E-state index contributed by atoms with van der Waals surface area (Å²) in [6.07, 6.45) is 3.44. The number of hydrogen-bond donors (Lipinski definition) is 2. The second kappa shape index (κ2) is 4.92. The molecule has 2 heterocycles. The van der Waals surface area contributed by atoms with Crippen LogP contribution in [0.1, 0.15) is 10.4 Å². The second-order valence-corrected chi connectivity index (χ2v) is 3.95. The maximum Gasteiger partial charge on any atom is 0.270 e. The molecule has 1 amide bonds. The molecule has 3 aromatic rings. The van der Waals surface area contributed by atoms with Crippen molar-refractivity contribution < 1.29 is 9.18 Å². The van der Waals surface area contributed by atoms with E-state index in [1.54, 1.807) is 29.1 Å². The fourth-order valence-corrected chi connectivity index (χ4v) is 1.74. The number of anilines is 1. The summed E-state index contributed by atoms with van der Waals surface area (Å²) in [6, 6.07) is 7.78. The van der Waals surface area contributed by atoms with Crippen LogP contribution in [-0.4, -0.2) is 31.1 Å². The van der Waals surface area contributed by atoms with Gasteiger partial charge in [0.25, 0.3) is 11.9 Å². The van der Waals surface area contributed by atoms with Crippen molar-refractivity contribution >= 4 is 11.9 Å². The molecule has 8 heteroatoms. The summed E-state index contributed by atoms with van der Waals surface area (Å²) >= 11 is 0. The predicted molar refractivity (Wildman–Crippen MR) is 67.9 cm³/mol. The molecule has 0 saturated heterocycles. The number of rotatable bonds is 3. The molecule has 2 N–H and O–H groups in total. The van der Waals surface area contributed by atoms with Crippen LogP contribution < -0.4 is 5.32 Å². The number of nitrogens with zero attached hydrogens (tertiary/aromatic N) is 4. The van der Waals surface area contributed by atoms with Gasteiger partial charge in [0.1, 0.15) is 5.82 Å². The van der Waals surface area contributed by atoms with Crippen LogP contribution in [0.2, 0.25) is 0 Å². The maximum absolute atomic E-state index is 14.0. The Bertz CT molecular complexity index is 723. The number of H-pyrrole nitrogens is 1. The van der Waals surface area contributed by atoms with Crippen LogP contribution >= 0.6 is 0 Å². The first-order valence-electron chi connectivity index (χ1n) is 5.72. The van der Waals surface area contributed by atoms with Gasteiger partial charge in [0.15, 0.2) is 0 Å². The van der Waals surface area contributed by atoms with Crippen LogP contribution in [0.5, 0.6) is 0 Å². The van der Waals surface area contributed by atoms with Crippen LogP contribution in [0.3, 0.4) is 0 Å². The fraction of sp³-hybridized carbons (Fsp3) is 0. The van der Waals surface area contributed by atoms with E-state index < -0.39 is 11.7 Å². The number of halogens is 1. The Kier molecular flexibility index (Phi) is 2.96. The molecule has 0 aliphatic carbocycles. The van der Waals surface area contributed by atoms with Gasteiger partial charge in [-0.1, -0.05) is 5.10 Å². The van der Waals surface area contributed by atoms with Crippen molar-refractivity contribution in [1.82, 2.24) is 25.2 Å². The lowest BCUT2D eigenvalue weighted by atomic mass is 10.2. The normalized spacial score (nSPS) is 10.4. The Morgan fingerprint density at radius 2 is 2.10 bits per heavy atom. The Morgan fingerprint density at radius 1 is 1.30 bits per heavy atom. The first kappa shape index (κ1) is 12.0. The van der Waals surface area contributed by atoms with Crippen LogP contribution in [0.4, 0.5) is 10.3 Å². The summed E-state index contributed by atoms with van der Waals surface area (Å²) in [4.78, 5) is 11.9. The first-order chi connectivity index (χ1) is 9.74. The summed E-state index contributed by atoms with van der Waals surface area (Å²) in [5, 5.41) is 15.1. The van der Waals surface area contributed by atoms with Gasteiger partial charge in [-0.2, -0.15) is 5.21 Å². The van der Waals surface area contributed by atoms with Crippen molar-refractivity contribution in [2.45, 2.75) is 0 Å². The quantitative estimate of drug-likeness (QED) is 0.754. The zero-order valence-electron chi connectivity index (χ0n) is 10.1. The zero-order chi connectivity index (χ0) is 13.9. The van der Waals surface area contributed by atoms with Gasteiger partial charge in [0.05, 0.1) is 5.69 Å². The van der Waals surface area contributed by atoms with E-state index >= 15 is 0 Å². The molecule has 0 fully saturated rings. The Morgan fingerprint density at radius 3 is 2.75 bits per heavy atom. The summed E-state index contributed by atoms with van der Waals surface area (Å²) in [5.41, 5.74) is 0.536. The monoisotopic (exact) mass is 272 g/mol. The standard InChI is InChI=1S/C12H9FN6O/c13-9-7-8(11(20)14-12-15-17-18-16-12)3-4-10(9)19-5-1-2-6-19/h1-7H,(H2,14,15,16,17,18,20). The molecule has 0 aliphatic heterocycles. The molecular weight excluding hydrogens is 263 g/mol. The van der Waals surface area contributed by atoms with Gasteiger partial charge in [-0.15, -0.1) is 5.10 Å². The van der Waals surface area contributed by atoms with Crippen molar-refractivity contribution in [3.63, 3.8) is 0 Å². The van der Waals surface area contributed by atoms with Gasteiger partial charge in [-0.05, 0) is 35.5 Å². The van der Waals surface area contributed by atoms with E-state index in [4.69, 9.17) is 0 Å². The summed E-state index contributed by atoms with van der Waals surface area (Å²) in [6.45, 7) is 0. The van der Waals surface area contributed by atoms with E-state index in [1.807, 2.05) is 0 Å². The molecule has 7 nitrogen and oxygen atoms in total. The Labute approximate surface area is 112 Å². The van der Waals surface area contributed by atoms with E-state index in [-0.39, 0.29) is 11.5 Å². The number of nitrogens with one attached hydrogen (secondary N) is 2. The van der Waals surface area contributed by atoms with Crippen LogP contribution in [0.15, 0.2) is 42.7 Å². The molecule has 20 heavy (non-hydrogen) atoms. The smallest absolute Gasteiger partial charge is 0.270 e. The summed E-state index contributed by atoms with van der Waals surface area (Å²) < 4.78 is 15.6. The number of benzene rings is 1. The van der Waals surface area contributed by atoms with E-state index in [0.717, 1.165) is 6.07 Å². The minimum absolute atomic E-state index is 0.0323. The topological polar surface area (TPSA) is 88.5 Å². The molecule has 2 aromatic heterocycles. The summed E-state index contributed by atoms with van der Waals surface area (Å²) in [5.74, 6) is -0.976. The van der Waals surface area contributed by atoms with Gasteiger partial charge in [-0.25, -0.2) is 4.39 Å². The number of aromatic amines is 1. The molecular formula is C12H9FN6O. The minimum Gasteiger partial charge on any atom is -0.321 e. The second-order valence-electron chi connectivity index (χ2n) is 3.95. The highest BCUT2D eigenvalue weighted by Gasteiger charge is 2.12. The molecule has 3 rings (SSSR count). The molecule has 1 aromatic carbocycles. The molecule has 0 bridgehead atoms. The molecule has 0 aliphatic rings. The van der Waals surface area contributed by atoms with Gasteiger partial charge >= 0.3 is 0 Å². The van der Waals surface area contributed by atoms with Gasteiger partial charge < -0.3 is 4.57 Å². The molecule has 0 spiro atoms. The number of amides is 1. The van der Waals surface area contributed by atoms with Crippen molar-refractivity contribution in [2.24, 2.45) is 0 Å². The number of aromatic nitrogens is 5. The van der Waals surface area contributed by atoms with Crippen molar-refractivity contribution in [3.8, 4) is 5.69 Å². The van der Waals surface area contributed by atoms with Crippen LogP contribution in [-0.2, 0) is 0 Å². The van der Waals surface area contributed by atoms with Crippen molar-refractivity contribution in [1.29, 1.82) is 0 Å². The average Bonchev–Trinajstić information content (AvgIpc) is 3.11. The van der Waals surface area contributed by atoms with Gasteiger partial charge in [0, 0.05) is 18.0 Å². The lowest BCUT2D eigenvalue weighted by Gasteiger charge is -2.06. The molecule has 0 unspecified atom stereocenters. The molecule has 0 saturated carbocycles. The molecule has 0 atom stereocenters. The highest BCUT2D eigenvalue weighted by Crippen LogP contribution is 2.16. The van der Waals surface area contributed by atoms with Gasteiger partial charge in [-0.3, -0.25) is 10.1 Å². The highest BCUT2D eigenvalue weighted by molar-refractivity contribution is 6.03. The number of hydrogen-bond acceptors (Lipinski definition) is 4. The molecule has 100 valence electrons. The number of carbonyl (C=O) groups excluding carboxylic acids is 1. The Balaban J connectivity index is 1.85. The highest BCUT2D eigenvalue weighted by atomic mass is 19.1. The van der Waals surface area contributed by atoms with Gasteiger partial charge in [0.2, 0.25) is 0 Å². The SMILES string of the molecule is O=C(Nc1nn[nH]n1)c1ccc(-n2cccc2)c(F)c1. The van der Waals surface area contributed by atoms with Crippen LogP contribution in [0.25, 0.3) is 5.69 Å². The van der Waals surface area contributed by atoms with Crippen LogP contribution in [0, 0.1) is 5.82 Å².